The molecule has 1 aromatic carbocycles. The van der Waals surface area contributed by atoms with E-state index in [0.29, 0.717) is 5.69 Å². The third kappa shape index (κ3) is 2.43. The number of thiazole rings is 1. The van der Waals surface area contributed by atoms with Crippen LogP contribution in [0.2, 0.25) is 0 Å². The summed E-state index contributed by atoms with van der Waals surface area (Å²) in [7, 11) is 1.51. The molecule has 94 valence electrons. The molecule has 0 saturated heterocycles. The van der Waals surface area contributed by atoms with Crippen molar-refractivity contribution in [1.82, 2.24) is 20.2 Å². The fraction of sp³-hybridized carbons (Fsp3) is 0.0769. The standard InChI is InChI=1S/C13H10N4OS/c1-18-13-14-7-10(16-17-13)12-15-11(8-19-12)9-5-3-2-4-6-9/h2-8H,1H3. The second-order valence-electron chi connectivity index (χ2n) is 3.73. The van der Waals surface area contributed by atoms with Gasteiger partial charge in [0.2, 0.25) is 0 Å². The Morgan fingerprint density at radius 3 is 2.58 bits per heavy atom. The summed E-state index contributed by atoms with van der Waals surface area (Å²) in [5.74, 6) is 0. The summed E-state index contributed by atoms with van der Waals surface area (Å²) >= 11 is 1.52. The maximum Gasteiger partial charge on any atom is 0.335 e. The van der Waals surface area contributed by atoms with Gasteiger partial charge in [-0.15, -0.1) is 16.4 Å². The monoisotopic (exact) mass is 270 g/mol. The quantitative estimate of drug-likeness (QED) is 0.732. The third-order valence-corrected chi connectivity index (χ3v) is 3.38. The van der Waals surface area contributed by atoms with E-state index < -0.39 is 0 Å². The van der Waals surface area contributed by atoms with Gasteiger partial charge in [-0.25, -0.2) is 9.97 Å². The van der Waals surface area contributed by atoms with Crippen LogP contribution in [0.15, 0.2) is 41.9 Å². The topological polar surface area (TPSA) is 60.8 Å². The third-order valence-electron chi connectivity index (χ3n) is 2.52. The molecule has 0 aliphatic carbocycles. The van der Waals surface area contributed by atoms with Crippen molar-refractivity contribution in [3.05, 3.63) is 41.9 Å². The smallest absolute Gasteiger partial charge is 0.335 e. The second kappa shape index (κ2) is 5.11. The van der Waals surface area contributed by atoms with E-state index in [1.807, 2.05) is 35.7 Å². The van der Waals surface area contributed by atoms with Crippen LogP contribution in [0.4, 0.5) is 0 Å². The molecule has 0 spiro atoms. The Kier molecular flexibility index (Phi) is 3.16. The number of nitrogens with zero attached hydrogens (tertiary/aromatic N) is 4. The highest BCUT2D eigenvalue weighted by atomic mass is 32.1. The Bertz CT molecular complexity index is 667. The van der Waals surface area contributed by atoms with E-state index >= 15 is 0 Å². The van der Waals surface area contributed by atoms with E-state index in [0.717, 1.165) is 16.3 Å². The zero-order valence-electron chi connectivity index (χ0n) is 10.1. The first kappa shape index (κ1) is 11.7. The zero-order valence-corrected chi connectivity index (χ0v) is 11.0. The van der Waals surface area contributed by atoms with Crippen LogP contribution in [0.5, 0.6) is 6.01 Å². The number of aromatic nitrogens is 4. The second-order valence-corrected chi connectivity index (χ2v) is 4.59. The van der Waals surface area contributed by atoms with Gasteiger partial charge >= 0.3 is 6.01 Å². The van der Waals surface area contributed by atoms with Crippen LogP contribution in [-0.2, 0) is 0 Å². The molecule has 0 aliphatic heterocycles. The van der Waals surface area contributed by atoms with Crippen LogP contribution in [-0.4, -0.2) is 27.3 Å². The maximum atomic E-state index is 4.88. The minimum Gasteiger partial charge on any atom is -0.466 e. The largest absolute Gasteiger partial charge is 0.466 e. The highest BCUT2D eigenvalue weighted by Gasteiger charge is 2.09. The molecule has 3 rings (SSSR count). The van der Waals surface area contributed by atoms with Gasteiger partial charge in [-0.1, -0.05) is 35.4 Å². The van der Waals surface area contributed by atoms with Gasteiger partial charge in [0.15, 0.2) is 0 Å². The summed E-state index contributed by atoms with van der Waals surface area (Å²) < 4.78 is 4.88. The van der Waals surface area contributed by atoms with E-state index in [4.69, 9.17) is 4.74 Å². The van der Waals surface area contributed by atoms with E-state index in [2.05, 4.69) is 20.2 Å². The highest BCUT2D eigenvalue weighted by molar-refractivity contribution is 7.13. The van der Waals surface area contributed by atoms with Crippen molar-refractivity contribution >= 4 is 11.3 Å². The molecule has 0 fully saturated rings. The number of hydrogen-bond acceptors (Lipinski definition) is 6. The Labute approximate surface area is 114 Å². The van der Waals surface area contributed by atoms with Gasteiger partial charge < -0.3 is 4.74 Å². The molecule has 0 radical (unpaired) electrons. The van der Waals surface area contributed by atoms with Crippen molar-refractivity contribution in [3.8, 4) is 28.0 Å². The minimum absolute atomic E-state index is 0.253. The number of ether oxygens (including phenoxy) is 1. The summed E-state index contributed by atoms with van der Waals surface area (Å²) in [4.78, 5) is 8.57. The molecular formula is C13H10N4OS. The van der Waals surface area contributed by atoms with Gasteiger partial charge in [0, 0.05) is 10.9 Å². The SMILES string of the molecule is COc1ncc(-c2nc(-c3ccccc3)cs2)nn1. The van der Waals surface area contributed by atoms with Crippen molar-refractivity contribution in [2.24, 2.45) is 0 Å². The Hall–Kier alpha value is -2.34. The van der Waals surface area contributed by atoms with Crippen LogP contribution in [0, 0.1) is 0 Å². The summed E-state index contributed by atoms with van der Waals surface area (Å²) in [6, 6.07) is 10.3. The van der Waals surface area contributed by atoms with E-state index in [9.17, 15) is 0 Å². The van der Waals surface area contributed by atoms with Gasteiger partial charge in [-0.05, 0) is 0 Å². The number of benzene rings is 1. The number of rotatable bonds is 3. The molecule has 2 heterocycles. The molecule has 0 N–H and O–H groups in total. The minimum atomic E-state index is 0.253. The fourth-order valence-electron chi connectivity index (χ4n) is 1.59. The maximum absolute atomic E-state index is 4.88. The van der Waals surface area contributed by atoms with Gasteiger partial charge in [0.25, 0.3) is 0 Å². The lowest BCUT2D eigenvalue weighted by molar-refractivity contribution is 0.373. The van der Waals surface area contributed by atoms with Crippen molar-refractivity contribution in [2.45, 2.75) is 0 Å². The lowest BCUT2D eigenvalue weighted by Crippen LogP contribution is -1.95. The average molecular weight is 270 g/mol. The molecule has 0 atom stereocenters. The molecule has 19 heavy (non-hydrogen) atoms. The average Bonchev–Trinajstić information content (AvgIpc) is 2.98. The Morgan fingerprint density at radius 2 is 1.89 bits per heavy atom. The predicted molar refractivity (Wildman–Crippen MR) is 72.9 cm³/mol. The Morgan fingerprint density at radius 1 is 1.05 bits per heavy atom. The van der Waals surface area contributed by atoms with Gasteiger partial charge in [0.05, 0.1) is 19.0 Å². The molecule has 0 bridgehead atoms. The normalized spacial score (nSPS) is 10.4. The molecule has 0 amide bonds. The van der Waals surface area contributed by atoms with Crippen LogP contribution in [0.3, 0.4) is 0 Å². The molecule has 2 aromatic heterocycles. The first-order chi connectivity index (χ1) is 9.36. The van der Waals surface area contributed by atoms with Crippen LogP contribution in [0.25, 0.3) is 22.0 Å². The van der Waals surface area contributed by atoms with Gasteiger partial charge in [-0.3, -0.25) is 0 Å². The molecule has 0 aliphatic rings. The van der Waals surface area contributed by atoms with Gasteiger partial charge in [0.1, 0.15) is 10.7 Å². The summed E-state index contributed by atoms with van der Waals surface area (Å²) in [6.07, 6.45) is 1.61. The van der Waals surface area contributed by atoms with Crippen molar-refractivity contribution in [2.75, 3.05) is 7.11 Å². The predicted octanol–water partition coefficient (Wildman–Crippen LogP) is 2.67. The van der Waals surface area contributed by atoms with Crippen molar-refractivity contribution < 1.29 is 4.74 Å². The van der Waals surface area contributed by atoms with Crippen molar-refractivity contribution in [1.29, 1.82) is 0 Å². The molecule has 3 aromatic rings. The molecule has 0 unspecified atom stereocenters. The summed E-state index contributed by atoms with van der Waals surface area (Å²) in [5.41, 5.74) is 2.66. The van der Waals surface area contributed by atoms with Crippen LogP contribution >= 0.6 is 11.3 Å². The molecule has 0 saturated carbocycles. The lowest BCUT2D eigenvalue weighted by Gasteiger charge is -1.97. The fourth-order valence-corrected chi connectivity index (χ4v) is 2.37. The zero-order chi connectivity index (χ0) is 13.1. The molecule has 6 heteroatoms. The van der Waals surface area contributed by atoms with E-state index in [1.54, 1.807) is 6.20 Å². The highest BCUT2D eigenvalue weighted by Crippen LogP contribution is 2.27. The number of methoxy groups -OCH3 is 1. The van der Waals surface area contributed by atoms with Crippen LogP contribution < -0.4 is 4.74 Å². The molecular weight excluding hydrogens is 260 g/mol. The van der Waals surface area contributed by atoms with E-state index in [-0.39, 0.29) is 6.01 Å². The first-order valence-corrected chi connectivity index (χ1v) is 6.50. The first-order valence-electron chi connectivity index (χ1n) is 5.62. The summed E-state index contributed by atoms with van der Waals surface area (Å²) in [6.45, 7) is 0. The lowest BCUT2D eigenvalue weighted by atomic mass is 10.2. The van der Waals surface area contributed by atoms with Crippen molar-refractivity contribution in [3.63, 3.8) is 0 Å². The molecule has 5 nitrogen and oxygen atoms in total. The van der Waals surface area contributed by atoms with Gasteiger partial charge in [-0.2, -0.15) is 0 Å². The van der Waals surface area contributed by atoms with Crippen LogP contribution in [0.1, 0.15) is 0 Å². The van der Waals surface area contributed by atoms with E-state index in [1.165, 1.54) is 18.4 Å². The Balaban J connectivity index is 1.92. The number of hydrogen-bond donors (Lipinski definition) is 0. The summed E-state index contributed by atoms with van der Waals surface area (Å²) in [5, 5.41) is 10.7.